The molecule has 8 fully saturated rings. The predicted molar refractivity (Wildman–Crippen MR) is 452 cm³/mol. The number of aliphatic hydroxyl groups is 1. The second-order valence-corrected chi connectivity index (χ2v) is 38.9. The molecule has 6 heterocycles. The Labute approximate surface area is 704 Å². The fourth-order valence-electron chi connectivity index (χ4n) is 18.4. The van der Waals surface area contributed by atoms with E-state index in [2.05, 4.69) is 43.0 Å². The van der Waals surface area contributed by atoms with E-state index in [0.717, 1.165) is 78.7 Å². The van der Waals surface area contributed by atoms with Crippen molar-refractivity contribution in [1.82, 2.24) is 49.1 Å². The summed E-state index contributed by atoms with van der Waals surface area (Å²) in [4.78, 5) is 123. The number of benzene rings is 2. The molecule has 648 valence electrons. The molecule has 119 heavy (non-hydrogen) atoms. The summed E-state index contributed by atoms with van der Waals surface area (Å²) < 4.78 is 33.7. The van der Waals surface area contributed by atoms with Crippen molar-refractivity contribution in [3.05, 3.63) is 83.8 Å². The van der Waals surface area contributed by atoms with Crippen LogP contribution >= 0.6 is 11.6 Å². The normalized spacial score (nSPS) is 26.3. The number of likely N-dealkylation sites (N-methyl/N-ethyl adjacent to an activating group) is 2. The Morgan fingerprint density at radius 1 is 0.580 bits per heavy atom. The largest absolute Gasteiger partial charge is 0.492 e. The maximum Gasteiger partial charge on any atom is 0.310 e. The minimum absolute atomic E-state index is 0.0140. The zero-order valence-corrected chi connectivity index (χ0v) is 73.2. The van der Waals surface area contributed by atoms with E-state index in [9.17, 15) is 53.7 Å². The van der Waals surface area contributed by atoms with E-state index < -0.39 is 81.7 Å². The number of ether oxygens (including phenoxy) is 5. The topological polar surface area (TPSA) is 330 Å². The van der Waals surface area contributed by atoms with Crippen LogP contribution in [0.15, 0.2) is 73.1 Å². The summed E-state index contributed by atoms with van der Waals surface area (Å²) in [5.41, 5.74) is -1.02. The average molecular weight is 1670 g/mol. The number of amides is 2. The van der Waals surface area contributed by atoms with Gasteiger partial charge in [-0.25, -0.2) is 19.3 Å². The van der Waals surface area contributed by atoms with Crippen molar-refractivity contribution >= 4 is 86.5 Å². The van der Waals surface area contributed by atoms with Crippen molar-refractivity contribution in [2.24, 2.45) is 74.9 Å². The number of ketones is 2. The fraction of sp³-hybridized carbons (Fsp3) is 0.648. The van der Waals surface area contributed by atoms with Crippen LogP contribution in [0.25, 0.3) is 33.4 Å². The number of aliphatic carboxylic acids is 2. The molecule has 4 aromatic heterocycles. The van der Waals surface area contributed by atoms with Gasteiger partial charge < -0.3 is 63.9 Å². The molecule has 6 aliphatic carbocycles. The third-order valence-electron chi connectivity index (χ3n) is 25.7. The third-order valence-corrected chi connectivity index (χ3v) is 26.0. The standard InChI is InChI=1S/C46H63N5O8.C26H39NO7.C19H24ClN5O/c1-9-30-24-46(30,44(55)56)25-39(52)38-21-34(26-50(38)43(54)36(45(4,5)6)22-42(53)59-33-18-28-17-29(28)19-33)58-40-23-41(51-13-12-31(48-51)16-27(2)3)47-37-20-32(10-11-35(37)40)57-15-14-49(7)8;1-5-16-11-26(16,24(32)33)12-21(29)20-9-17(28)13-27(20)23(31)19(25(2,3)4)10-22(30)34-18-7-14-6-15(14)8-18;1-13(2)21-18-7-8-25(23-18)19-12-16(20)15-6-5-14(11-17(15)22-19)26-10-9-24(3)4/h10-13,20,23,27-30,33-34,36,38H,9,14-19,21-22,24-26H2,1-8H3,(H,55,56);14-20,28H,5-13H2,1-4H3,(H,32,33);5-8,11-13H,9-10H2,1-4H3,(H,21,23)/t28-,29?,30+,33?,34?,36+,38-,46+;14-,15?,16+,17+,18?,19+,20-,26+;/m00./s1. The highest BCUT2D eigenvalue weighted by Gasteiger charge is 2.63. The molecule has 0 spiro atoms. The molecule has 6 saturated carbocycles. The lowest BCUT2D eigenvalue weighted by molar-refractivity contribution is -0.157. The van der Waals surface area contributed by atoms with Crippen molar-refractivity contribution in [3.8, 4) is 28.9 Å². The van der Waals surface area contributed by atoms with Gasteiger partial charge in [-0.1, -0.05) is 93.7 Å². The van der Waals surface area contributed by atoms with Crippen LogP contribution < -0.4 is 19.5 Å². The number of aliphatic hydroxyl groups excluding tert-OH is 1. The van der Waals surface area contributed by atoms with E-state index in [1.165, 1.54) is 17.7 Å². The average Bonchev–Trinajstić information content (AvgIpc) is 1.59. The summed E-state index contributed by atoms with van der Waals surface area (Å²) in [6.45, 7) is 26.5. The van der Waals surface area contributed by atoms with Crippen LogP contribution in [0, 0.1) is 74.9 Å². The van der Waals surface area contributed by atoms with E-state index >= 15 is 0 Å². The maximum absolute atomic E-state index is 14.8. The van der Waals surface area contributed by atoms with Gasteiger partial charge in [-0.3, -0.25) is 38.4 Å². The number of anilines is 1. The van der Waals surface area contributed by atoms with Gasteiger partial charge in [0.25, 0.3) is 0 Å². The highest BCUT2D eigenvalue weighted by molar-refractivity contribution is 6.35. The summed E-state index contributed by atoms with van der Waals surface area (Å²) in [5.74, 6) is 1.44. The summed E-state index contributed by atoms with van der Waals surface area (Å²) in [7, 11) is 8.01. The van der Waals surface area contributed by atoms with Gasteiger partial charge in [0.1, 0.15) is 54.6 Å². The first kappa shape index (κ1) is 89.5. The quantitative estimate of drug-likeness (QED) is 0.0273. The van der Waals surface area contributed by atoms with E-state index in [1.54, 1.807) is 14.3 Å². The van der Waals surface area contributed by atoms with E-state index in [1.807, 2.05) is 162 Å². The van der Waals surface area contributed by atoms with Crippen LogP contribution in [0.5, 0.6) is 17.2 Å². The minimum atomic E-state index is -1.13. The number of hydrogen-bond acceptors (Lipinski definition) is 21. The van der Waals surface area contributed by atoms with Crippen molar-refractivity contribution in [1.29, 1.82) is 0 Å². The van der Waals surface area contributed by atoms with Crippen molar-refractivity contribution in [3.63, 3.8) is 0 Å². The van der Waals surface area contributed by atoms with Gasteiger partial charge in [-0.15, -0.1) is 5.10 Å². The van der Waals surface area contributed by atoms with Crippen molar-refractivity contribution in [2.45, 2.75) is 235 Å². The third kappa shape index (κ3) is 21.9. The van der Waals surface area contributed by atoms with Crippen LogP contribution in [-0.2, 0) is 54.3 Å². The van der Waals surface area contributed by atoms with Crippen LogP contribution in [0.3, 0.4) is 0 Å². The molecule has 2 aliphatic heterocycles. The SMILES string of the molecule is CC(C)Nc1ccn(-c2cc(Cl)c3ccc(OCCN(C)C)cc3n2)n1.CC[C@@H]1C[C@]1(CC(=O)[C@@H]1CC(Oc2cc(-n3ccc(CC(C)C)n3)nc3cc(OCCN(C)C)ccc23)CN1C(=O)[C@@H](CC(=O)OC1CC2C[C@H]2C1)C(C)(C)C)C(=O)O.CC[C@@H]1C[C@]1(CC(=O)[C@@H]1C[C@@H](O)CN1C(=O)[C@@H](CC(=O)OC1CC2C[C@H]2C1)C(C)(C)C)C(=O)O. The zero-order chi connectivity index (χ0) is 86.1. The molecule has 27 nitrogen and oxygen atoms in total. The van der Waals surface area contributed by atoms with Crippen LogP contribution in [0.1, 0.15) is 192 Å². The molecule has 0 radical (unpaired) electrons. The Kier molecular flexibility index (Phi) is 27.7. The van der Waals surface area contributed by atoms with Crippen molar-refractivity contribution in [2.75, 3.05) is 72.9 Å². The second kappa shape index (κ2) is 36.9. The molecule has 8 aliphatic rings. The second-order valence-electron chi connectivity index (χ2n) is 38.5. The first-order valence-corrected chi connectivity index (χ1v) is 43.4. The summed E-state index contributed by atoms with van der Waals surface area (Å²) >= 11 is 6.46. The summed E-state index contributed by atoms with van der Waals surface area (Å²) in [6, 6.07) is 17.5. The van der Waals surface area contributed by atoms with Gasteiger partial charge in [-0.2, -0.15) is 5.10 Å². The number of carboxylic acid groups (broad SMARTS) is 2. The number of carbonyl (C=O) groups excluding carboxylic acids is 6. The predicted octanol–water partition coefficient (Wildman–Crippen LogP) is 13.4. The first-order chi connectivity index (χ1) is 56.2. The Bertz CT molecular complexity index is 4660. The van der Waals surface area contributed by atoms with Gasteiger partial charge in [0.15, 0.2) is 23.2 Å². The number of fused-ring (bicyclic) bond motifs is 4. The molecule has 4 N–H and O–H groups in total. The molecule has 6 aromatic rings. The summed E-state index contributed by atoms with van der Waals surface area (Å²) in [5, 5.41) is 45.2. The lowest BCUT2D eigenvalue weighted by Crippen LogP contribution is -2.48. The summed E-state index contributed by atoms with van der Waals surface area (Å²) in [6.07, 6.45) is 11.0. The molecule has 2 aromatic carbocycles. The van der Waals surface area contributed by atoms with Gasteiger partial charge in [-0.05, 0) is 182 Å². The zero-order valence-electron chi connectivity index (χ0n) is 72.4. The Morgan fingerprint density at radius 3 is 1.50 bits per heavy atom. The number of β-amino-alcohol motifs (C(OH)–C–C–N with tert-alkyl or cyclic N) is 1. The minimum Gasteiger partial charge on any atom is -0.492 e. The highest BCUT2D eigenvalue weighted by atomic mass is 35.5. The Balaban J connectivity index is 0.000000182. The fourth-order valence-corrected chi connectivity index (χ4v) is 18.6. The molecule has 16 atom stereocenters. The number of esters is 2. The number of carbonyl (C=O) groups is 8. The Hall–Kier alpha value is -8.79. The van der Waals surface area contributed by atoms with Gasteiger partial charge in [0.05, 0.1) is 82.0 Å². The number of Topliss-reactive ketones (excluding diaryl/α,β-unsaturated/α-hetero) is 2. The molecular formula is C91H126ClN11O16. The van der Waals surface area contributed by atoms with Crippen molar-refractivity contribution < 1.29 is 77.4 Å². The monoisotopic (exact) mass is 1660 g/mol. The highest BCUT2D eigenvalue weighted by Crippen LogP contribution is 2.60. The van der Waals surface area contributed by atoms with Gasteiger partial charge >= 0.3 is 23.9 Å². The van der Waals surface area contributed by atoms with Crippen LogP contribution in [0.2, 0.25) is 5.02 Å². The molecule has 2 amide bonds. The number of carboxylic acids is 2. The van der Waals surface area contributed by atoms with E-state index in [0.29, 0.717) is 108 Å². The smallest absolute Gasteiger partial charge is 0.310 e. The van der Waals surface area contributed by atoms with Crippen LogP contribution in [0.4, 0.5) is 5.82 Å². The van der Waals surface area contributed by atoms with E-state index in [4.69, 9.17) is 50.4 Å². The number of aromatic nitrogens is 6. The first-order valence-electron chi connectivity index (χ1n) is 43.1. The van der Waals surface area contributed by atoms with Gasteiger partial charge in [0.2, 0.25) is 11.8 Å². The number of rotatable bonds is 34. The molecular weight excluding hydrogens is 1540 g/mol. The number of nitrogens with zero attached hydrogens (tertiary/aromatic N) is 10. The number of hydrogen-bond donors (Lipinski definition) is 4. The number of likely N-dealkylation sites (tertiary alicyclic amines) is 2. The van der Waals surface area contributed by atoms with Crippen LogP contribution in [-0.4, -0.2) is 222 Å². The molecule has 5 unspecified atom stereocenters. The Morgan fingerprint density at radius 2 is 1.04 bits per heavy atom. The maximum atomic E-state index is 14.8. The number of nitrogens with one attached hydrogen (secondary N) is 1. The van der Waals surface area contributed by atoms with Gasteiger partial charge in [0, 0.05) is 105 Å². The molecule has 14 rings (SSSR count). The number of halogens is 1. The molecule has 0 bridgehead atoms. The number of pyridine rings is 2. The molecule has 2 saturated heterocycles. The lowest BCUT2D eigenvalue weighted by Gasteiger charge is -2.35. The lowest BCUT2D eigenvalue weighted by atomic mass is 9.77. The molecule has 28 heteroatoms. The van der Waals surface area contributed by atoms with E-state index in [-0.39, 0.29) is 99.0 Å².